The number of unbranched alkanes of at least 4 members (excludes halogenated alkanes) is 2. The van der Waals surface area contributed by atoms with Crippen LogP contribution in [0.4, 0.5) is 0 Å². The van der Waals surface area contributed by atoms with Crippen LogP contribution in [0.2, 0.25) is 0 Å². The van der Waals surface area contributed by atoms with Crippen LogP contribution in [0.5, 0.6) is 0 Å². The molecule has 0 aromatic rings. The Labute approximate surface area is 146 Å². The molecule has 0 saturated heterocycles. The molecule has 1 heteroatoms. The van der Waals surface area contributed by atoms with E-state index in [1.807, 2.05) is 0 Å². The summed E-state index contributed by atoms with van der Waals surface area (Å²) in [6, 6.07) is 0. The summed E-state index contributed by atoms with van der Waals surface area (Å²) in [6.07, 6.45) is 16.1. The van der Waals surface area contributed by atoms with Gasteiger partial charge < -0.3 is 4.74 Å². The van der Waals surface area contributed by atoms with E-state index in [1.165, 1.54) is 70.6 Å². The predicted octanol–water partition coefficient (Wildman–Crippen LogP) is 6.85. The van der Waals surface area contributed by atoms with Gasteiger partial charge in [-0.15, -0.1) is 0 Å². The monoisotopic (exact) mass is 322 g/mol. The summed E-state index contributed by atoms with van der Waals surface area (Å²) < 4.78 is 6.22. The number of rotatable bonds is 8. The molecule has 0 N–H and O–H groups in total. The lowest BCUT2D eigenvalue weighted by Gasteiger charge is -2.40. The largest absolute Gasteiger partial charge is 0.378 e. The normalized spacial score (nSPS) is 38.6. The summed E-state index contributed by atoms with van der Waals surface area (Å²) >= 11 is 0. The molecule has 4 atom stereocenters. The van der Waals surface area contributed by atoms with Crippen molar-refractivity contribution in [2.45, 2.75) is 104 Å². The minimum absolute atomic E-state index is 0.536. The highest BCUT2D eigenvalue weighted by atomic mass is 16.5. The van der Waals surface area contributed by atoms with Crippen molar-refractivity contribution in [1.29, 1.82) is 0 Å². The highest BCUT2D eigenvalue weighted by molar-refractivity contribution is 4.84. The highest BCUT2D eigenvalue weighted by Crippen LogP contribution is 2.40. The molecule has 0 aromatic heterocycles. The molecule has 4 unspecified atom stereocenters. The highest BCUT2D eigenvalue weighted by Gasteiger charge is 2.34. The average Bonchev–Trinajstić information content (AvgIpc) is 2.56. The van der Waals surface area contributed by atoms with Crippen LogP contribution in [0, 0.1) is 29.6 Å². The molecule has 2 aliphatic rings. The molecule has 2 rings (SSSR count). The SMILES string of the molecule is CCCCCOC1CCC(CCC2CCC(C)CC2)C(C)C1C. The van der Waals surface area contributed by atoms with Crippen LogP contribution < -0.4 is 0 Å². The molecule has 2 fully saturated rings. The Bertz CT molecular complexity index is 305. The Morgan fingerprint density at radius 2 is 1.52 bits per heavy atom. The zero-order chi connectivity index (χ0) is 16.7. The van der Waals surface area contributed by atoms with Crippen LogP contribution in [0.25, 0.3) is 0 Å². The van der Waals surface area contributed by atoms with Gasteiger partial charge in [-0.1, -0.05) is 72.6 Å². The van der Waals surface area contributed by atoms with Crippen molar-refractivity contribution in [3.63, 3.8) is 0 Å². The zero-order valence-corrected chi connectivity index (χ0v) is 16.4. The van der Waals surface area contributed by atoms with E-state index in [0.29, 0.717) is 6.10 Å². The Balaban J connectivity index is 1.67. The van der Waals surface area contributed by atoms with Gasteiger partial charge in [0, 0.05) is 6.61 Å². The van der Waals surface area contributed by atoms with Crippen LogP contribution in [0.1, 0.15) is 98.3 Å². The van der Waals surface area contributed by atoms with Gasteiger partial charge in [-0.05, 0) is 55.3 Å². The molecule has 1 nitrogen and oxygen atoms in total. The molecule has 2 saturated carbocycles. The van der Waals surface area contributed by atoms with E-state index in [0.717, 1.165) is 36.2 Å². The van der Waals surface area contributed by atoms with E-state index in [4.69, 9.17) is 4.74 Å². The van der Waals surface area contributed by atoms with Crippen LogP contribution in [0.3, 0.4) is 0 Å². The molecule has 0 aromatic carbocycles. The third-order valence-electron chi connectivity index (χ3n) is 7.14. The van der Waals surface area contributed by atoms with Crippen LogP contribution >= 0.6 is 0 Å². The van der Waals surface area contributed by atoms with Crippen molar-refractivity contribution in [2.75, 3.05) is 6.61 Å². The van der Waals surface area contributed by atoms with Crippen molar-refractivity contribution in [3.05, 3.63) is 0 Å². The summed E-state index contributed by atoms with van der Waals surface area (Å²) in [6.45, 7) is 10.6. The number of ether oxygens (including phenoxy) is 1. The van der Waals surface area contributed by atoms with E-state index in [2.05, 4.69) is 27.7 Å². The van der Waals surface area contributed by atoms with Gasteiger partial charge in [-0.2, -0.15) is 0 Å². The lowest BCUT2D eigenvalue weighted by Crippen LogP contribution is -2.37. The predicted molar refractivity (Wildman–Crippen MR) is 101 cm³/mol. The quantitative estimate of drug-likeness (QED) is 0.444. The third-order valence-corrected chi connectivity index (χ3v) is 7.14. The number of hydrogen-bond donors (Lipinski definition) is 0. The van der Waals surface area contributed by atoms with Crippen molar-refractivity contribution in [1.82, 2.24) is 0 Å². The van der Waals surface area contributed by atoms with Crippen LogP contribution in [-0.2, 0) is 4.74 Å². The Morgan fingerprint density at radius 3 is 2.22 bits per heavy atom. The summed E-state index contributed by atoms with van der Waals surface area (Å²) in [5.41, 5.74) is 0. The van der Waals surface area contributed by atoms with Crippen molar-refractivity contribution in [2.24, 2.45) is 29.6 Å². The molecule has 0 aliphatic heterocycles. The first-order valence-corrected chi connectivity index (χ1v) is 10.7. The topological polar surface area (TPSA) is 9.23 Å². The van der Waals surface area contributed by atoms with Crippen LogP contribution in [-0.4, -0.2) is 12.7 Å². The van der Waals surface area contributed by atoms with Gasteiger partial charge in [0.1, 0.15) is 0 Å². The molecule has 0 spiro atoms. The fraction of sp³-hybridized carbons (Fsp3) is 1.00. The third kappa shape index (κ3) is 6.07. The van der Waals surface area contributed by atoms with Crippen LogP contribution in [0.15, 0.2) is 0 Å². The molecule has 0 bridgehead atoms. The van der Waals surface area contributed by atoms with E-state index >= 15 is 0 Å². The van der Waals surface area contributed by atoms with Gasteiger partial charge in [0.15, 0.2) is 0 Å². The number of hydrogen-bond acceptors (Lipinski definition) is 1. The first-order valence-electron chi connectivity index (χ1n) is 10.7. The average molecular weight is 323 g/mol. The van der Waals surface area contributed by atoms with Gasteiger partial charge in [-0.3, -0.25) is 0 Å². The maximum absolute atomic E-state index is 6.22. The molecular weight excluding hydrogens is 280 g/mol. The molecule has 0 radical (unpaired) electrons. The van der Waals surface area contributed by atoms with Gasteiger partial charge >= 0.3 is 0 Å². The molecule has 0 amide bonds. The summed E-state index contributed by atoms with van der Waals surface area (Å²) in [7, 11) is 0. The minimum atomic E-state index is 0.536. The van der Waals surface area contributed by atoms with E-state index < -0.39 is 0 Å². The Hall–Kier alpha value is -0.0400. The summed E-state index contributed by atoms with van der Waals surface area (Å²) in [5.74, 6) is 4.59. The second-order valence-electron chi connectivity index (χ2n) is 8.88. The molecular formula is C22H42O. The van der Waals surface area contributed by atoms with Crippen molar-refractivity contribution < 1.29 is 4.74 Å². The minimum Gasteiger partial charge on any atom is -0.378 e. The second kappa shape index (κ2) is 10.1. The van der Waals surface area contributed by atoms with Gasteiger partial charge in [0.25, 0.3) is 0 Å². The standard InChI is InChI=1S/C22H42O/c1-5-6-7-16-23-22-15-14-21(18(3)19(22)4)13-12-20-10-8-17(2)9-11-20/h17-22H,5-16H2,1-4H3. The first kappa shape index (κ1) is 19.3. The lowest BCUT2D eigenvalue weighted by molar-refractivity contribution is -0.0442. The smallest absolute Gasteiger partial charge is 0.0603 e. The van der Waals surface area contributed by atoms with Gasteiger partial charge in [0.05, 0.1) is 6.10 Å². The second-order valence-corrected chi connectivity index (χ2v) is 8.88. The summed E-state index contributed by atoms with van der Waals surface area (Å²) in [5, 5.41) is 0. The molecule has 2 aliphatic carbocycles. The van der Waals surface area contributed by atoms with Gasteiger partial charge in [-0.25, -0.2) is 0 Å². The fourth-order valence-electron chi connectivity index (χ4n) is 4.97. The fourth-order valence-corrected chi connectivity index (χ4v) is 4.97. The maximum atomic E-state index is 6.22. The Kier molecular flexibility index (Phi) is 8.44. The molecule has 0 heterocycles. The Morgan fingerprint density at radius 1 is 0.783 bits per heavy atom. The molecule has 23 heavy (non-hydrogen) atoms. The van der Waals surface area contributed by atoms with Gasteiger partial charge in [0.2, 0.25) is 0 Å². The lowest BCUT2D eigenvalue weighted by atomic mass is 9.69. The maximum Gasteiger partial charge on any atom is 0.0603 e. The molecule has 136 valence electrons. The van der Waals surface area contributed by atoms with Crippen molar-refractivity contribution >= 4 is 0 Å². The van der Waals surface area contributed by atoms with E-state index in [1.54, 1.807) is 0 Å². The zero-order valence-electron chi connectivity index (χ0n) is 16.4. The first-order chi connectivity index (χ1) is 11.1. The van der Waals surface area contributed by atoms with E-state index in [9.17, 15) is 0 Å². The van der Waals surface area contributed by atoms with E-state index in [-0.39, 0.29) is 0 Å². The summed E-state index contributed by atoms with van der Waals surface area (Å²) in [4.78, 5) is 0. The van der Waals surface area contributed by atoms with Crippen molar-refractivity contribution in [3.8, 4) is 0 Å².